The van der Waals surface area contributed by atoms with Gasteiger partial charge in [0.25, 0.3) is 0 Å². The molecule has 8 aromatic carbocycles. The van der Waals surface area contributed by atoms with Gasteiger partial charge in [-0.1, -0.05) is 170 Å². The second-order valence-corrected chi connectivity index (χ2v) is 15.1. The number of fused-ring (bicyclic) bond motifs is 7. The van der Waals surface area contributed by atoms with E-state index < -0.39 is 0 Å². The predicted molar refractivity (Wildman–Crippen MR) is 286 cm³/mol. The maximum atomic E-state index is 4.18. The third-order valence-electron chi connectivity index (χ3n) is 10.4. The van der Waals surface area contributed by atoms with E-state index in [4.69, 9.17) is 0 Å². The summed E-state index contributed by atoms with van der Waals surface area (Å²) in [5.41, 5.74) is 4.91. The van der Waals surface area contributed by atoms with Crippen molar-refractivity contribution in [1.29, 1.82) is 0 Å². The first kappa shape index (κ1) is 46.7. The fourth-order valence-corrected chi connectivity index (χ4v) is 6.87. The van der Waals surface area contributed by atoms with Gasteiger partial charge in [-0.25, -0.2) is 9.97 Å². The number of hydrogen-bond acceptors (Lipinski definition) is 10. The Morgan fingerprint density at radius 1 is 0.200 bits per heavy atom. The predicted octanol–water partition coefficient (Wildman–Crippen LogP) is 13.8. The average molecular weight is 907 g/mol. The fourth-order valence-electron chi connectivity index (χ4n) is 6.87. The first-order valence-corrected chi connectivity index (χ1v) is 22.4. The molecule has 14 aromatic rings. The van der Waals surface area contributed by atoms with E-state index in [0.29, 0.717) is 0 Å². The summed E-state index contributed by atoms with van der Waals surface area (Å²) < 4.78 is 0. The monoisotopic (exact) mass is 906 g/mol. The highest BCUT2D eigenvalue weighted by atomic mass is 15.1. The van der Waals surface area contributed by atoms with Crippen LogP contribution < -0.4 is 0 Å². The smallest absolute Gasteiger partial charge is 0.116 e. The molecule has 14 rings (SSSR count). The summed E-state index contributed by atoms with van der Waals surface area (Å²) in [6.45, 7) is 0. The van der Waals surface area contributed by atoms with Gasteiger partial charge in [0.05, 0.1) is 46.2 Å². The van der Waals surface area contributed by atoms with Crippen LogP contribution in [-0.4, -0.2) is 50.3 Å². The lowest BCUT2D eigenvalue weighted by Gasteiger charge is -1.92. The van der Waals surface area contributed by atoms with Crippen LogP contribution in [0.4, 0.5) is 0 Å². The van der Waals surface area contributed by atoms with Crippen molar-refractivity contribution in [2.75, 3.05) is 0 Å². The molecule has 336 valence electrons. The minimum Gasteiger partial charge on any atom is -0.264 e. The molecule has 0 aliphatic heterocycles. The average Bonchev–Trinajstić information content (AvgIpc) is 3.46. The molecule has 0 bridgehead atoms. The van der Waals surface area contributed by atoms with Crippen molar-refractivity contribution in [2.45, 2.75) is 0 Å². The van der Waals surface area contributed by atoms with Crippen molar-refractivity contribution in [1.82, 2.24) is 50.3 Å². The van der Waals surface area contributed by atoms with Crippen molar-refractivity contribution < 1.29 is 0 Å². The Balaban J connectivity index is 0.000000110. The van der Waals surface area contributed by atoms with Crippen LogP contribution in [0.2, 0.25) is 0 Å². The minimum atomic E-state index is 0.949. The number of pyridine rings is 2. The molecule has 10 nitrogen and oxygen atoms in total. The van der Waals surface area contributed by atoms with Crippen LogP contribution in [0.25, 0.3) is 76.1 Å². The van der Waals surface area contributed by atoms with E-state index in [1.165, 1.54) is 26.9 Å². The zero-order valence-electron chi connectivity index (χ0n) is 38.0. The first-order valence-electron chi connectivity index (χ1n) is 22.4. The van der Waals surface area contributed by atoms with Crippen LogP contribution in [0.15, 0.2) is 280 Å². The number of nitrogens with zero attached hydrogens (tertiary/aromatic N) is 10. The highest BCUT2D eigenvalue weighted by molar-refractivity contribution is 5.83. The summed E-state index contributed by atoms with van der Waals surface area (Å²) >= 11 is 0. The molecule has 0 atom stereocenters. The lowest BCUT2D eigenvalue weighted by molar-refractivity contribution is 1.05. The molecule has 0 saturated heterocycles. The molecule has 0 radical (unpaired) electrons. The van der Waals surface area contributed by atoms with Crippen LogP contribution in [0.3, 0.4) is 0 Å². The second kappa shape index (κ2) is 25.8. The van der Waals surface area contributed by atoms with Gasteiger partial charge in [0.15, 0.2) is 0 Å². The van der Waals surface area contributed by atoms with Crippen LogP contribution in [0.5, 0.6) is 0 Å². The molecule has 70 heavy (non-hydrogen) atoms. The zero-order chi connectivity index (χ0) is 47.7. The highest BCUT2D eigenvalue weighted by Gasteiger charge is 1.92. The van der Waals surface area contributed by atoms with Gasteiger partial charge in [0, 0.05) is 64.1 Å². The van der Waals surface area contributed by atoms with Crippen LogP contribution in [0.1, 0.15) is 0 Å². The van der Waals surface area contributed by atoms with Gasteiger partial charge in [-0.05, 0) is 70.1 Å². The number of benzene rings is 8. The van der Waals surface area contributed by atoms with Crippen molar-refractivity contribution in [2.24, 2.45) is 0 Å². The number of para-hydroxylation sites is 4. The molecular formula is C60H46N10. The van der Waals surface area contributed by atoms with Crippen molar-refractivity contribution in [3.05, 3.63) is 280 Å². The fraction of sp³-hybridized carbons (Fsp3) is 0. The normalized spacial score (nSPS) is 10.0. The van der Waals surface area contributed by atoms with E-state index in [-0.39, 0.29) is 0 Å². The van der Waals surface area contributed by atoms with E-state index in [1.807, 2.05) is 170 Å². The second-order valence-electron chi connectivity index (χ2n) is 15.1. The third-order valence-corrected chi connectivity index (χ3v) is 10.4. The van der Waals surface area contributed by atoms with Crippen molar-refractivity contribution in [3.8, 4) is 0 Å². The topological polar surface area (TPSA) is 129 Å². The Labute approximate surface area is 405 Å². The molecule has 0 spiro atoms. The number of rotatable bonds is 0. The van der Waals surface area contributed by atoms with Gasteiger partial charge >= 0.3 is 0 Å². The van der Waals surface area contributed by atoms with Gasteiger partial charge in [-0.15, -0.1) is 0 Å². The molecular weight excluding hydrogens is 861 g/mol. The largest absolute Gasteiger partial charge is 0.264 e. The molecule has 10 heteroatoms. The molecule has 0 saturated carbocycles. The molecule has 0 amide bonds. The molecule has 0 fully saturated rings. The molecule has 0 aliphatic rings. The highest BCUT2D eigenvalue weighted by Crippen LogP contribution is 2.13. The van der Waals surface area contributed by atoms with Crippen molar-refractivity contribution in [3.63, 3.8) is 0 Å². The summed E-state index contributed by atoms with van der Waals surface area (Å²) in [6.07, 6.45) is 17.5. The zero-order valence-corrected chi connectivity index (χ0v) is 38.0. The summed E-state index contributed by atoms with van der Waals surface area (Å²) in [5, 5.41) is 26.0. The molecule has 0 N–H and O–H groups in total. The van der Waals surface area contributed by atoms with Crippen molar-refractivity contribution >= 4 is 76.1 Å². The Morgan fingerprint density at radius 3 is 1.09 bits per heavy atom. The van der Waals surface area contributed by atoms with E-state index >= 15 is 0 Å². The minimum absolute atomic E-state index is 0.949. The third kappa shape index (κ3) is 14.1. The lowest BCUT2D eigenvalue weighted by atomic mass is 10.1. The van der Waals surface area contributed by atoms with E-state index in [1.54, 1.807) is 37.3 Å². The molecule has 6 heterocycles. The first-order chi connectivity index (χ1) is 34.8. The van der Waals surface area contributed by atoms with Crippen LogP contribution in [-0.2, 0) is 0 Å². The molecule has 0 aliphatic carbocycles. The Kier molecular flexibility index (Phi) is 17.2. The van der Waals surface area contributed by atoms with E-state index in [9.17, 15) is 0 Å². The maximum absolute atomic E-state index is 4.18. The summed E-state index contributed by atoms with van der Waals surface area (Å²) in [6, 6.07) is 72.6. The van der Waals surface area contributed by atoms with Gasteiger partial charge < -0.3 is 0 Å². The standard InChI is InChI=1S/C10H8.2C9H7N.4C8H6N2/c1-2-6-10-8-4-3-7-9(10)5-1;1-2-6-9-8(4-1)5-3-7-10-9;1-2-4-9-7-10-6-5-8(9)3-1;1-2-4-8-7(3-1)5-9-6-10-8;1-2-4-8-6-10-9-5-7(8)3-1;1-2-4-8-7(3-1)9-5-6-10-8;1-2-4-8-7(3-1)5-6-9-10-8/h1-8H;2*1-7H;4*1-6H. The van der Waals surface area contributed by atoms with Gasteiger partial charge in [0.1, 0.15) is 6.33 Å². The summed E-state index contributed by atoms with van der Waals surface area (Å²) in [5.74, 6) is 0. The molecule has 0 unspecified atom stereocenters. The quantitative estimate of drug-likeness (QED) is 0.145. The van der Waals surface area contributed by atoms with Crippen LogP contribution >= 0.6 is 0 Å². The van der Waals surface area contributed by atoms with Gasteiger partial charge in [0.2, 0.25) is 0 Å². The Bertz CT molecular complexity index is 2640. The van der Waals surface area contributed by atoms with E-state index in [0.717, 1.165) is 49.1 Å². The van der Waals surface area contributed by atoms with E-state index in [2.05, 4.69) is 123 Å². The summed E-state index contributed by atoms with van der Waals surface area (Å²) in [4.78, 5) is 24.4. The lowest BCUT2D eigenvalue weighted by Crippen LogP contribution is -1.79. The Hall–Kier alpha value is -9.80. The number of aromatic nitrogens is 10. The molecule has 6 aromatic heterocycles. The van der Waals surface area contributed by atoms with Gasteiger partial charge in [-0.3, -0.25) is 19.9 Å². The number of hydrogen-bond donors (Lipinski definition) is 0. The SMILES string of the molecule is c1ccc2ccccc2c1.c1ccc2cnccc2c1.c1ccc2cnncc2c1.c1ccc2ncccc2c1.c1ccc2nccnc2c1.c1ccc2ncncc2c1.c1ccc2nnccc2c1. The maximum Gasteiger partial charge on any atom is 0.116 e. The Morgan fingerprint density at radius 2 is 0.571 bits per heavy atom. The summed E-state index contributed by atoms with van der Waals surface area (Å²) in [7, 11) is 0. The van der Waals surface area contributed by atoms with Crippen LogP contribution in [0, 0.1) is 0 Å². The van der Waals surface area contributed by atoms with Gasteiger partial charge in [-0.2, -0.15) is 20.4 Å².